The topological polar surface area (TPSA) is 80.3 Å². The summed E-state index contributed by atoms with van der Waals surface area (Å²) >= 11 is 0. The fourth-order valence-corrected chi connectivity index (χ4v) is 3.64. The molecule has 0 radical (unpaired) electrons. The van der Waals surface area contributed by atoms with Gasteiger partial charge in [-0.15, -0.1) is 12.4 Å². The Bertz CT molecular complexity index is 574. The molecule has 2 rings (SSSR count). The van der Waals surface area contributed by atoms with Crippen LogP contribution in [-0.2, 0) is 14.8 Å². The smallest absolute Gasteiger partial charge is 0.242 e. The van der Waals surface area contributed by atoms with Gasteiger partial charge in [-0.05, 0) is 32.0 Å². The largest absolute Gasteiger partial charge is 0.384 e. The van der Waals surface area contributed by atoms with Crippen LogP contribution in [0.2, 0.25) is 0 Å². The van der Waals surface area contributed by atoms with E-state index in [1.165, 1.54) is 0 Å². The fraction of sp³-hybridized carbons (Fsp3) is 0.615. The second-order valence-electron chi connectivity index (χ2n) is 5.35. The Balaban J connectivity index is 0.00000242. The molecule has 6 nitrogen and oxygen atoms in total. The van der Waals surface area contributed by atoms with Gasteiger partial charge in [0, 0.05) is 25.3 Å². The predicted molar refractivity (Wildman–Crippen MR) is 83.0 cm³/mol. The molecule has 22 heavy (non-hydrogen) atoms. The van der Waals surface area contributed by atoms with Crippen molar-refractivity contribution in [3.05, 3.63) is 24.3 Å². The van der Waals surface area contributed by atoms with Gasteiger partial charge in [0.25, 0.3) is 0 Å². The molecule has 9 heteroatoms. The van der Waals surface area contributed by atoms with Crippen LogP contribution in [0.1, 0.15) is 12.8 Å². The monoisotopic (exact) mass is 353 g/mol. The molecular formula is C13H21ClFN3O3S. The summed E-state index contributed by atoms with van der Waals surface area (Å²) in [5, 5.41) is 3.24. The standard InChI is InChI=1S/C13H20FN3O3S.ClH/c1-20-10-13(2-4-15-5-3-13)9-17-21(18,19)12-6-11(14)7-16-8-12;/h6-8,15,17H,2-5,9-10H2,1H3;1H. The number of hydrogen-bond donors (Lipinski definition) is 2. The van der Waals surface area contributed by atoms with Crippen molar-refractivity contribution < 1.29 is 17.5 Å². The van der Waals surface area contributed by atoms with E-state index in [1.54, 1.807) is 7.11 Å². The lowest BCUT2D eigenvalue weighted by Crippen LogP contribution is -2.47. The molecule has 1 aromatic rings. The number of hydrogen-bond acceptors (Lipinski definition) is 5. The summed E-state index contributed by atoms with van der Waals surface area (Å²) in [4.78, 5) is 3.41. The second kappa shape index (κ2) is 8.16. The van der Waals surface area contributed by atoms with Gasteiger partial charge in [0.15, 0.2) is 0 Å². The molecular weight excluding hydrogens is 333 g/mol. The molecule has 1 aliphatic rings. The molecule has 0 bridgehead atoms. The van der Waals surface area contributed by atoms with Crippen LogP contribution in [0, 0.1) is 11.2 Å². The molecule has 0 atom stereocenters. The van der Waals surface area contributed by atoms with E-state index in [0.29, 0.717) is 6.61 Å². The van der Waals surface area contributed by atoms with E-state index in [9.17, 15) is 12.8 Å². The molecule has 0 aromatic carbocycles. The number of halogens is 2. The Morgan fingerprint density at radius 3 is 2.68 bits per heavy atom. The number of nitrogens with one attached hydrogen (secondary N) is 2. The van der Waals surface area contributed by atoms with Crippen LogP contribution in [0.25, 0.3) is 0 Å². The first-order valence-electron chi connectivity index (χ1n) is 6.77. The zero-order valence-electron chi connectivity index (χ0n) is 12.3. The third-order valence-electron chi connectivity index (χ3n) is 3.74. The van der Waals surface area contributed by atoms with Crippen LogP contribution in [0.5, 0.6) is 0 Å². The van der Waals surface area contributed by atoms with E-state index < -0.39 is 15.8 Å². The van der Waals surface area contributed by atoms with Gasteiger partial charge in [0.1, 0.15) is 10.7 Å². The number of aromatic nitrogens is 1. The van der Waals surface area contributed by atoms with Crippen molar-refractivity contribution in [2.24, 2.45) is 5.41 Å². The van der Waals surface area contributed by atoms with Gasteiger partial charge in [-0.25, -0.2) is 17.5 Å². The Labute approximate surface area is 136 Å². The Hall–Kier alpha value is -0.800. The molecule has 1 saturated heterocycles. The Morgan fingerprint density at radius 1 is 1.41 bits per heavy atom. The molecule has 0 spiro atoms. The van der Waals surface area contributed by atoms with Crippen LogP contribution >= 0.6 is 12.4 Å². The van der Waals surface area contributed by atoms with Gasteiger partial charge in [-0.2, -0.15) is 0 Å². The maximum Gasteiger partial charge on any atom is 0.242 e. The van der Waals surface area contributed by atoms with Gasteiger partial charge < -0.3 is 10.1 Å². The lowest BCUT2D eigenvalue weighted by molar-refractivity contribution is 0.0577. The van der Waals surface area contributed by atoms with E-state index in [4.69, 9.17) is 4.74 Å². The fourth-order valence-electron chi connectivity index (χ4n) is 2.51. The molecule has 0 unspecified atom stereocenters. The lowest BCUT2D eigenvalue weighted by Gasteiger charge is -2.37. The summed E-state index contributed by atoms with van der Waals surface area (Å²) in [5.74, 6) is -0.675. The minimum atomic E-state index is -3.77. The molecule has 0 amide bonds. The molecule has 2 heterocycles. The van der Waals surface area contributed by atoms with Gasteiger partial charge in [0.2, 0.25) is 10.0 Å². The van der Waals surface area contributed by atoms with E-state index in [-0.39, 0.29) is 29.3 Å². The van der Waals surface area contributed by atoms with E-state index in [0.717, 1.165) is 44.4 Å². The maximum atomic E-state index is 13.1. The molecule has 1 aliphatic heterocycles. The number of piperidine rings is 1. The van der Waals surface area contributed by atoms with Crippen molar-refractivity contribution in [3.63, 3.8) is 0 Å². The molecule has 0 aliphatic carbocycles. The number of ether oxygens (including phenoxy) is 1. The quantitative estimate of drug-likeness (QED) is 0.795. The first kappa shape index (κ1) is 19.2. The second-order valence-corrected chi connectivity index (χ2v) is 7.11. The first-order chi connectivity index (χ1) is 9.97. The van der Waals surface area contributed by atoms with Crippen molar-refractivity contribution in [2.45, 2.75) is 17.7 Å². The van der Waals surface area contributed by atoms with Gasteiger partial charge >= 0.3 is 0 Å². The lowest BCUT2D eigenvalue weighted by atomic mass is 9.80. The van der Waals surface area contributed by atoms with Gasteiger partial charge in [-0.3, -0.25) is 4.98 Å². The zero-order valence-corrected chi connectivity index (χ0v) is 14.0. The summed E-state index contributed by atoms with van der Waals surface area (Å²) < 4.78 is 45.3. The number of rotatable bonds is 6. The van der Waals surface area contributed by atoms with Gasteiger partial charge in [-0.1, -0.05) is 0 Å². The first-order valence-corrected chi connectivity index (χ1v) is 8.26. The van der Waals surface area contributed by atoms with Crippen molar-refractivity contribution in [2.75, 3.05) is 33.4 Å². The van der Waals surface area contributed by atoms with Crippen molar-refractivity contribution >= 4 is 22.4 Å². The highest BCUT2D eigenvalue weighted by atomic mass is 35.5. The van der Waals surface area contributed by atoms with Crippen molar-refractivity contribution in [3.8, 4) is 0 Å². The third-order valence-corrected chi connectivity index (χ3v) is 5.11. The number of sulfonamides is 1. The highest BCUT2D eigenvalue weighted by Gasteiger charge is 2.33. The molecule has 2 N–H and O–H groups in total. The Morgan fingerprint density at radius 2 is 2.09 bits per heavy atom. The van der Waals surface area contributed by atoms with Crippen LogP contribution in [0.15, 0.2) is 23.4 Å². The van der Waals surface area contributed by atoms with Crippen LogP contribution in [0.4, 0.5) is 4.39 Å². The molecule has 1 aromatic heterocycles. The SMILES string of the molecule is COCC1(CNS(=O)(=O)c2cncc(F)c2)CCNCC1.Cl. The minimum absolute atomic E-state index is 0. The summed E-state index contributed by atoms with van der Waals surface area (Å²) in [6.45, 7) is 2.40. The number of nitrogens with zero attached hydrogens (tertiary/aromatic N) is 1. The minimum Gasteiger partial charge on any atom is -0.384 e. The highest BCUT2D eigenvalue weighted by molar-refractivity contribution is 7.89. The normalized spacial score (nSPS) is 17.7. The van der Waals surface area contributed by atoms with E-state index in [1.807, 2.05) is 0 Å². The molecule has 1 fully saturated rings. The molecule has 0 saturated carbocycles. The maximum absolute atomic E-state index is 13.1. The summed E-state index contributed by atoms with van der Waals surface area (Å²) in [6.07, 6.45) is 3.75. The third kappa shape index (κ3) is 4.85. The number of methoxy groups -OCH3 is 1. The summed E-state index contributed by atoms with van der Waals surface area (Å²) in [6, 6.07) is 0.959. The number of pyridine rings is 1. The van der Waals surface area contributed by atoms with E-state index >= 15 is 0 Å². The van der Waals surface area contributed by atoms with Crippen molar-refractivity contribution in [1.29, 1.82) is 0 Å². The van der Waals surface area contributed by atoms with Crippen molar-refractivity contribution in [1.82, 2.24) is 15.0 Å². The summed E-state index contributed by atoms with van der Waals surface area (Å²) in [5.41, 5.74) is -0.228. The van der Waals surface area contributed by atoms with Crippen LogP contribution in [-0.4, -0.2) is 46.8 Å². The zero-order chi connectivity index (χ0) is 15.3. The van der Waals surface area contributed by atoms with E-state index in [2.05, 4.69) is 15.0 Å². The molecule has 126 valence electrons. The van der Waals surface area contributed by atoms with Gasteiger partial charge in [0.05, 0.1) is 12.8 Å². The summed E-state index contributed by atoms with van der Waals surface area (Å²) in [7, 11) is -2.16. The Kier molecular flexibility index (Phi) is 7.14. The highest BCUT2D eigenvalue weighted by Crippen LogP contribution is 2.28. The van der Waals surface area contributed by atoms with Crippen LogP contribution in [0.3, 0.4) is 0 Å². The predicted octanol–water partition coefficient (Wildman–Crippen LogP) is 0.937. The average Bonchev–Trinajstić information content (AvgIpc) is 2.47. The van der Waals surface area contributed by atoms with Crippen LogP contribution < -0.4 is 10.0 Å². The average molecular weight is 354 g/mol.